The van der Waals surface area contributed by atoms with E-state index in [9.17, 15) is 4.79 Å². The molecule has 0 saturated heterocycles. The maximum Gasteiger partial charge on any atom is 0.227 e. The van der Waals surface area contributed by atoms with E-state index in [-0.39, 0.29) is 11.8 Å². The third kappa shape index (κ3) is 4.08. The summed E-state index contributed by atoms with van der Waals surface area (Å²) < 4.78 is 0. The molecule has 0 radical (unpaired) electrons. The number of unbranched alkanes of at least 4 members (excludes halogenated alkanes) is 1. The zero-order chi connectivity index (χ0) is 17.6. The van der Waals surface area contributed by atoms with Crippen LogP contribution in [0, 0.1) is 5.92 Å². The standard InChI is InChI=1S/C21H25N3O/c1-3-5-9-15(4-2)21(25)22-17-11-8-10-16(14-17)20-23-18-12-6-7-13-19(18)24-20/h6-8,10-15H,3-5,9H2,1-2H3,(H,22,25)(H,23,24)/t15-/m0/s1. The average molecular weight is 335 g/mol. The predicted octanol–water partition coefficient (Wildman–Crippen LogP) is 5.38. The van der Waals surface area contributed by atoms with Gasteiger partial charge in [-0.2, -0.15) is 0 Å². The second-order valence-electron chi connectivity index (χ2n) is 6.42. The first kappa shape index (κ1) is 17.2. The van der Waals surface area contributed by atoms with Crippen molar-refractivity contribution in [1.29, 1.82) is 0 Å². The third-order valence-corrected chi connectivity index (χ3v) is 4.56. The van der Waals surface area contributed by atoms with Crippen molar-refractivity contribution in [3.63, 3.8) is 0 Å². The Hall–Kier alpha value is -2.62. The number of rotatable bonds is 7. The van der Waals surface area contributed by atoms with E-state index < -0.39 is 0 Å². The largest absolute Gasteiger partial charge is 0.338 e. The van der Waals surface area contributed by atoms with Crippen molar-refractivity contribution in [1.82, 2.24) is 9.97 Å². The van der Waals surface area contributed by atoms with Crippen LogP contribution in [0.1, 0.15) is 39.5 Å². The number of aromatic nitrogens is 2. The Morgan fingerprint density at radius 3 is 2.76 bits per heavy atom. The van der Waals surface area contributed by atoms with Crippen LogP contribution in [0.2, 0.25) is 0 Å². The fourth-order valence-corrected chi connectivity index (χ4v) is 3.05. The molecule has 2 aromatic carbocycles. The summed E-state index contributed by atoms with van der Waals surface area (Å²) in [6.07, 6.45) is 4.02. The van der Waals surface area contributed by atoms with Gasteiger partial charge in [-0.25, -0.2) is 4.98 Å². The second kappa shape index (κ2) is 7.97. The van der Waals surface area contributed by atoms with Crippen molar-refractivity contribution in [3.8, 4) is 11.4 Å². The SMILES string of the molecule is CCCC[C@H](CC)C(=O)Nc1cccc(-c2nc3ccccc3[nH]2)c1. The molecule has 4 heteroatoms. The highest BCUT2D eigenvalue weighted by molar-refractivity contribution is 5.93. The first-order valence-electron chi connectivity index (χ1n) is 9.07. The van der Waals surface area contributed by atoms with Crippen LogP contribution in [0.25, 0.3) is 22.4 Å². The summed E-state index contributed by atoms with van der Waals surface area (Å²) >= 11 is 0. The number of carbonyl (C=O) groups is 1. The van der Waals surface area contributed by atoms with E-state index in [1.165, 1.54) is 0 Å². The monoisotopic (exact) mass is 335 g/mol. The van der Waals surface area contributed by atoms with Crippen LogP contribution in [-0.2, 0) is 4.79 Å². The zero-order valence-corrected chi connectivity index (χ0v) is 14.9. The first-order chi connectivity index (χ1) is 12.2. The number of carbonyl (C=O) groups excluding carboxylic acids is 1. The zero-order valence-electron chi connectivity index (χ0n) is 14.9. The summed E-state index contributed by atoms with van der Waals surface area (Å²) in [5.41, 5.74) is 3.74. The molecular formula is C21H25N3O. The highest BCUT2D eigenvalue weighted by atomic mass is 16.1. The smallest absolute Gasteiger partial charge is 0.227 e. The van der Waals surface area contributed by atoms with Gasteiger partial charge in [0.1, 0.15) is 5.82 Å². The van der Waals surface area contributed by atoms with Crippen LogP contribution >= 0.6 is 0 Å². The molecular weight excluding hydrogens is 310 g/mol. The number of nitrogens with one attached hydrogen (secondary N) is 2. The molecule has 2 N–H and O–H groups in total. The summed E-state index contributed by atoms with van der Waals surface area (Å²) in [7, 11) is 0. The van der Waals surface area contributed by atoms with E-state index in [1.54, 1.807) is 0 Å². The molecule has 0 spiro atoms. The summed E-state index contributed by atoms with van der Waals surface area (Å²) in [6, 6.07) is 15.8. The fourth-order valence-electron chi connectivity index (χ4n) is 3.05. The van der Waals surface area contributed by atoms with Crippen molar-refractivity contribution in [2.75, 3.05) is 5.32 Å². The number of fused-ring (bicyclic) bond motifs is 1. The average Bonchev–Trinajstić information content (AvgIpc) is 3.07. The Balaban J connectivity index is 1.78. The van der Waals surface area contributed by atoms with Gasteiger partial charge in [0.15, 0.2) is 0 Å². The molecule has 0 aliphatic rings. The molecule has 25 heavy (non-hydrogen) atoms. The van der Waals surface area contributed by atoms with Gasteiger partial charge in [0.05, 0.1) is 11.0 Å². The first-order valence-corrected chi connectivity index (χ1v) is 9.07. The van der Waals surface area contributed by atoms with Crippen LogP contribution in [-0.4, -0.2) is 15.9 Å². The van der Waals surface area contributed by atoms with Gasteiger partial charge >= 0.3 is 0 Å². The van der Waals surface area contributed by atoms with Gasteiger partial charge in [0, 0.05) is 17.2 Å². The minimum Gasteiger partial charge on any atom is -0.338 e. The van der Waals surface area contributed by atoms with Gasteiger partial charge in [0.25, 0.3) is 0 Å². The molecule has 0 unspecified atom stereocenters. The molecule has 4 nitrogen and oxygen atoms in total. The minimum atomic E-state index is 0.0785. The molecule has 1 atom stereocenters. The van der Waals surface area contributed by atoms with Gasteiger partial charge in [-0.1, -0.05) is 51.0 Å². The third-order valence-electron chi connectivity index (χ3n) is 4.56. The van der Waals surface area contributed by atoms with Gasteiger partial charge in [-0.3, -0.25) is 4.79 Å². The number of nitrogens with zero attached hydrogens (tertiary/aromatic N) is 1. The van der Waals surface area contributed by atoms with Gasteiger partial charge in [-0.05, 0) is 37.1 Å². The van der Waals surface area contributed by atoms with Crippen molar-refractivity contribution in [2.45, 2.75) is 39.5 Å². The molecule has 0 fully saturated rings. The number of benzene rings is 2. The number of imidazole rings is 1. The topological polar surface area (TPSA) is 57.8 Å². The number of amides is 1. The van der Waals surface area contributed by atoms with Crippen LogP contribution in [0.5, 0.6) is 0 Å². The van der Waals surface area contributed by atoms with Crippen LogP contribution < -0.4 is 5.32 Å². The number of hydrogen-bond acceptors (Lipinski definition) is 2. The van der Waals surface area contributed by atoms with E-state index in [0.29, 0.717) is 0 Å². The Bertz CT molecular complexity index is 820. The summed E-state index contributed by atoms with van der Waals surface area (Å²) in [5.74, 6) is 1.00. The van der Waals surface area contributed by atoms with Crippen molar-refractivity contribution < 1.29 is 4.79 Å². The quantitative estimate of drug-likeness (QED) is 0.608. The summed E-state index contributed by atoms with van der Waals surface area (Å²) in [5, 5.41) is 3.07. The van der Waals surface area contributed by atoms with Crippen molar-refractivity contribution in [3.05, 3.63) is 48.5 Å². The normalized spacial score (nSPS) is 12.2. The van der Waals surface area contributed by atoms with Gasteiger partial charge in [0.2, 0.25) is 5.91 Å². The molecule has 3 rings (SSSR count). The van der Waals surface area contributed by atoms with Crippen molar-refractivity contribution in [2.24, 2.45) is 5.92 Å². The number of aromatic amines is 1. The van der Waals surface area contributed by atoms with E-state index >= 15 is 0 Å². The maximum absolute atomic E-state index is 12.5. The van der Waals surface area contributed by atoms with Crippen LogP contribution in [0.15, 0.2) is 48.5 Å². The Morgan fingerprint density at radius 2 is 2.00 bits per heavy atom. The summed E-state index contributed by atoms with van der Waals surface area (Å²) in [4.78, 5) is 20.5. The highest BCUT2D eigenvalue weighted by Gasteiger charge is 2.16. The molecule has 1 amide bonds. The Kier molecular flexibility index (Phi) is 5.49. The highest BCUT2D eigenvalue weighted by Crippen LogP contribution is 2.24. The van der Waals surface area contributed by atoms with E-state index in [1.807, 2.05) is 48.5 Å². The molecule has 0 aliphatic carbocycles. The lowest BCUT2D eigenvalue weighted by Crippen LogP contribution is -2.22. The van der Waals surface area contributed by atoms with Crippen LogP contribution in [0.4, 0.5) is 5.69 Å². The molecule has 1 aromatic heterocycles. The molecule has 3 aromatic rings. The number of hydrogen-bond donors (Lipinski definition) is 2. The number of para-hydroxylation sites is 2. The molecule has 1 heterocycles. The number of anilines is 1. The van der Waals surface area contributed by atoms with E-state index in [2.05, 4.69) is 29.1 Å². The molecule has 0 bridgehead atoms. The Labute approximate surface area is 148 Å². The van der Waals surface area contributed by atoms with Crippen molar-refractivity contribution >= 4 is 22.6 Å². The summed E-state index contributed by atoms with van der Waals surface area (Å²) in [6.45, 7) is 4.23. The predicted molar refractivity (Wildman–Crippen MR) is 103 cm³/mol. The van der Waals surface area contributed by atoms with Gasteiger partial charge in [-0.15, -0.1) is 0 Å². The van der Waals surface area contributed by atoms with Gasteiger partial charge < -0.3 is 10.3 Å². The van der Waals surface area contributed by atoms with E-state index in [0.717, 1.165) is 53.8 Å². The lowest BCUT2D eigenvalue weighted by molar-refractivity contribution is -0.120. The minimum absolute atomic E-state index is 0.0785. The lowest BCUT2D eigenvalue weighted by Gasteiger charge is -2.15. The lowest BCUT2D eigenvalue weighted by atomic mass is 9.98. The fraction of sp³-hybridized carbons (Fsp3) is 0.333. The van der Waals surface area contributed by atoms with Crippen LogP contribution in [0.3, 0.4) is 0 Å². The molecule has 0 saturated carbocycles. The van der Waals surface area contributed by atoms with E-state index in [4.69, 9.17) is 0 Å². The molecule has 0 aliphatic heterocycles. The number of H-pyrrole nitrogens is 1. The second-order valence-corrected chi connectivity index (χ2v) is 6.42. The molecule has 130 valence electrons. The Morgan fingerprint density at radius 1 is 1.16 bits per heavy atom. The maximum atomic E-state index is 12.5.